The van der Waals surface area contributed by atoms with Gasteiger partial charge in [0, 0.05) is 16.2 Å². The van der Waals surface area contributed by atoms with Crippen molar-refractivity contribution in [1.29, 1.82) is 5.26 Å². The molecule has 0 aromatic heterocycles. The molecule has 0 bridgehead atoms. The van der Waals surface area contributed by atoms with Crippen LogP contribution in [0.25, 0.3) is 0 Å². The third-order valence-electron chi connectivity index (χ3n) is 13.1. The van der Waals surface area contributed by atoms with Crippen molar-refractivity contribution >= 4 is 11.8 Å². The molecule has 5 rings (SSSR count). The van der Waals surface area contributed by atoms with Gasteiger partial charge in [-0.25, -0.2) is 0 Å². The van der Waals surface area contributed by atoms with Gasteiger partial charge >= 0.3 is 0 Å². The second kappa shape index (κ2) is 10.8. The second-order valence-corrected chi connectivity index (χ2v) is 17.5. The first-order chi connectivity index (χ1) is 19.2. The molecule has 0 heterocycles. The minimum absolute atomic E-state index is 0.0181. The van der Waals surface area contributed by atoms with E-state index in [1.807, 2.05) is 6.92 Å². The van der Waals surface area contributed by atoms with E-state index in [0.717, 1.165) is 17.9 Å². The molecule has 0 amide bonds. The molecular weight excluding hydrogens is 515 g/mol. The van der Waals surface area contributed by atoms with Gasteiger partial charge in [0.25, 0.3) is 0 Å². The summed E-state index contributed by atoms with van der Waals surface area (Å²) in [6, 6.07) is 13.6. The van der Waals surface area contributed by atoms with E-state index in [9.17, 15) is 5.26 Å². The molecule has 2 heteroatoms. The highest BCUT2D eigenvalue weighted by molar-refractivity contribution is 7.99. The number of hydrogen-bond acceptors (Lipinski definition) is 2. The Morgan fingerprint density at radius 3 is 2.41 bits per heavy atom. The van der Waals surface area contributed by atoms with E-state index in [1.165, 1.54) is 61.2 Å². The van der Waals surface area contributed by atoms with Gasteiger partial charge in [-0.05, 0) is 127 Å². The first-order valence-electron chi connectivity index (χ1n) is 16.3. The Bertz CT molecular complexity index is 1230. The monoisotopic (exact) mass is 569 g/mol. The molecule has 8 unspecified atom stereocenters. The maximum Gasteiger partial charge on any atom is 0.0940 e. The number of benzene rings is 1. The van der Waals surface area contributed by atoms with E-state index in [0.29, 0.717) is 34.5 Å². The zero-order valence-electron chi connectivity index (χ0n) is 27.1. The van der Waals surface area contributed by atoms with Gasteiger partial charge in [0.2, 0.25) is 0 Å². The number of nitrogens with zero attached hydrogens (tertiary/aromatic N) is 1. The Hall–Kier alpha value is -1.72. The first kappa shape index (κ1) is 30.7. The SMILES string of the molecule is C=CC(C)(C)C1CCC2(C)C3CCC4(CSc5ccccc5)CCC(C)(C)CC4C3C(=C)CC2C1(C)/C=C(\C)C#N. The maximum atomic E-state index is 9.91. The van der Waals surface area contributed by atoms with Crippen molar-refractivity contribution in [2.24, 2.45) is 56.7 Å². The summed E-state index contributed by atoms with van der Waals surface area (Å²) >= 11 is 2.10. The van der Waals surface area contributed by atoms with Gasteiger partial charge in [-0.15, -0.1) is 18.3 Å². The van der Waals surface area contributed by atoms with Crippen LogP contribution in [0.2, 0.25) is 0 Å². The second-order valence-electron chi connectivity index (χ2n) is 16.5. The number of allylic oxidation sites excluding steroid dienone is 4. The van der Waals surface area contributed by atoms with Crippen molar-refractivity contribution in [2.45, 2.75) is 105 Å². The van der Waals surface area contributed by atoms with Gasteiger partial charge in [-0.1, -0.05) is 84.0 Å². The number of fused-ring (bicyclic) bond motifs is 5. The van der Waals surface area contributed by atoms with Crippen LogP contribution >= 0.6 is 11.8 Å². The lowest BCUT2D eigenvalue weighted by atomic mass is 9.36. The van der Waals surface area contributed by atoms with Gasteiger partial charge in [-0.3, -0.25) is 0 Å². The zero-order chi connectivity index (χ0) is 29.8. The predicted octanol–water partition coefficient (Wildman–Crippen LogP) is 11.3. The van der Waals surface area contributed by atoms with E-state index in [4.69, 9.17) is 6.58 Å². The van der Waals surface area contributed by atoms with Gasteiger partial charge in [0.05, 0.1) is 6.07 Å². The zero-order valence-corrected chi connectivity index (χ0v) is 27.9. The van der Waals surface area contributed by atoms with Crippen molar-refractivity contribution in [3.8, 4) is 6.07 Å². The normalized spacial score (nSPS) is 40.5. The van der Waals surface area contributed by atoms with Crippen molar-refractivity contribution in [1.82, 2.24) is 0 Å². The van der Waals surface area contributed by atoms with E-state index in [1.54, 1.807) is 0 Å². The molecule has 4 aliphatic rings. The fourth-order valence-electron chi connectivity index (χ4n) is 10.9. The highest BCUT2D eigenvalue weighted by Crippen LogP contribution is 2.72. The molecule has 0 radical (unpaired) electrons. The summed E-state index contributed by atoms with van der Waals surface area (Å²) in [5.41, 5.74) is 3.43. The van der Waals surface area contributed by atoms with Crippen molar-refractivity contribution in [2.75, 3.05) is 5.75 Å². The topological polar surface area (TPSA) is 23.8 Å². The molecule has 0 aliphatic heterocycles. The molecule has 1 aromatic carbocycles. The predicted molar refractivity (Wildman–Crippen MR) is 176 cm³/mol. The standard InChI is InChI=1S/C39H55NS/c1-10-36(6,7)32-17-18-37(8)30-16-19-39(26-41-29-14-12-11-13-15-29)21-20-35(4,5)24-31(39)34(30)28(3)22-33(37)38(32,9)23-27(2)25-40/h10-15,23,30-34H,1,3,16-22,24,26H2,2,4-9H3/b27-23+. The van der Waals surface area contributed by atoms with Crippen LogP contribution < -0.4 is 0 Å². The molecule has 1 nitrogen and oxygen atoms in total. The van der Waals surface area contributed by atoms with E-state index >= 15 is 0 Å². The fourth-order valence-corrected chi connectivity index (χ4v) is 12.2. The molecule has 4 fully saturated rings. The Labute approximate surface area is 256 Å². The summed E-state index contributed by atoms with van der Waals surface area (Å²) < 4.78 is 0. The molecule has 0 N–H and O–H groups in total. The first-order valence-corrected chi connectivity index (χ1v) is 17.3. The largest absolute Gasteiger partial charge is 0.193 e. The third kappa shape index (κ3) is 5.22. The minimum atomic E-state index is -0.0536. The smallest absolute Gasteiger partial charge is 0.0940 e. The third-order valence-corrected chi connectivity index (χ3v) is 14.5. The number of hydrogen-bond donors (Lipinski definition) is 0. The van der Waals surface area contributed by atoms with Crippen LogP contribution in [0.1, 0.15) is 99.8 Å². The summed E-state index contributed by atoms with van der Waals surface area (Å²) in [6.07, 6.45) is 14.9. The summed E-state index contributed by atoms with van der Waals surface area (Å²) in [5, 5.41) is 9.91. The van der Waals surface area contributed by atoms with Gasteiger partial charge in [0.1, 0.15) is 0 Å². The average Bonchev–Trinajstić information content (AvgIpc) is 2.93. The molecule has 8 atom stereocenters. The molecule has 41 heavy (non-hydrogen) atoms. The lowest BCUT2D eigenvalue weighted by Gasteiger charge is -2.68. The van der Waals surface area contributed by atoms with Crippen molar-refractivity contribution < 1.29 is 0 Å². The maximum absolute atomic E-state index is 9.91. The molecule has 0 spiro atoms. The lowest BCUT2D eigenvalue weighted by molar-refractivity contribution is -0.157. The van der Waals surface area contributed by atoms with Gasteiger partial charge < -0.3 is 0 Å². The van der Waals surface area contributed by atoms with Gasteiger partial charge in [0.15, 0.2) is 0 Å². The summed E-state index contributed by atoms with van der Waals surface area (Å²) in [7, 11) is 0. The quantitative estimate of drug-likeness (QED) is 0.193. The molecule has 4 saturated carbocycles. The Balaban J connectivity index is 1.54. The Morgan fingerprint density at radius 1 is 1.05 bits per heavy atom. The Kier molecular flexibility index (Phi) is 8.07. The average molecular weight is 570 g/mol. The fraction of sp³-hybridized carbons (Fsp3) is 0.667. The highest BCUT2D eigenvalue weighted by atomic mass is 32.2. The van der Waals surface area contributed by atoms with Gasteiger partial charge in [-0.2, -0.15) is 5.26 Å². The van der Waals surface area contributed by atoms with Crippen molar-refractivity contribution in [3.05, 3.63) is 66.8 Å². The van der Waals surface area contributed by atoms with Crippen LogP contribution in [0, 0.1) is 68.0 Å². The summed E-state index contributed by atoms with van der Waals surface area (Å²) in [4.78, 5) is 1.42. The van der Waals surface area contributed by atoms with Crippen LogP contribution in [0.15, 0.2) is 71.7 Å². The van der Waals surface area contributed by atoms with Crippen LogP contribution in [-0.4, -0.2) is 5.75 Å². The summed E-state index contributed by atoms with van der Waals surface area (Å²) in [5.74, 6) is 4.24. The van der Waals surface area contributed by atoms with Crippen LogP contribution in [0.4, 0.5) is 0 Å². The molecule has 222 valence electrons. The van der Waals surface area contributed by atoms with Crippen molar-refractivity contribution in [3.63, 3.8) is 0 Å². The van der Waals surface area contributed by atoms with Crippen LogP contribution in [0.3, 0.4) is 0 Å². The van der Waals surface area contributed by atoms with Crippen LogP contribution in [0.5, 0.6) is 0 Å². The number of rotatable bonds is 6. The Morgan fingerprint density at radius 2 is 1.76 bits per heavy atom. The lowest BCUT2D eigenvalue weighted by Crippen LogP contribution is -2.61. The van der Waals surface area contributed by atoms with E-state index < -0.39 is 0 Å². The van der Waals surface area contributed by atoms with E-state index in [2.05, 4.69) is 108 Å². The van der Waals surface area contributed by atoms with E-state index in [-0.39, 0.29) is 16.2 Å². The number of nitriles is 1. The highest BCUT2D eigenvalue weighted by Gasteiger charge is 2.65. The molecule has 4 aliphatic carbocycles. The summed E-state index contributed by atoms with van der Waals surface area (Å²) in [6.45, 7) is 26.2. The molecule has 0 saturated heterocycles. The minimum Gasteiger partial charge on any atom is -0.193 e. The number of thioether (sulfide) groups is 1. The molecule has 1 aromatic rings. The van der Waals surface area contributed by atoms with Crippen LogP contribution in [-0.2, 0) is 0 Å². The molecular formula is C39H55NS.